The maximum atomic E-state index is 12.6. The van der Waals surface area contributed by atoms with Crippen molar-refractivity contribution in [2.45, 2.75) is 26.7 Å². The van der Waals surface area contributed by atoms with Gasteiger partial charge < -0.3 is 15.5 Å². The lowest BCUT2D eigenvalue weighted by molar-refractivity contribution is -0.128. The lowest BCUT2D eigenvalue weighted by atomic mass is 9.95. The van der Waals surface area contributed by atoms with Gasteiger partial charge in [0.05, 0.1) is 6.54 Å². The van der Waals surface area contributed by atoms with Gasteiger partial charge in [-0.25, -0.2) is 0 Å². The minimum atomic E-state index is -0.254. The molecule has 6 nitrogen and oxygen atoms in total. The molecule has 2 N–H and O–H groups in total. The summed E-state index contributed by atoms with van der Waals surface area (Å²) in [6, 6.07) is 12.6. The minimum absolute atomic E-state index is 0.0569. The van der Waals surface area contributed by atoms with E-state index in [2.05, 4.69) is 10.6 Å². The van der Waals surface area contributed by atoms with Gasteiger partial charge in [0.2, 0.25) is 11.8 Å². The Bertz CT molecular complexity index is 915. The van der Waals surface area contributed by atoms with E-state index < -0.39 is 0 Å². The molecule has 30 heavy (non-hydrogen) atoms. The number of halogens is 1. The van der Waals surface area contributed by atoms with Crippen molar-refractivity contribution in [1.29, 1.82) is 0 Å². The lowest BCUT2D eigenvalue weighted by Gasteiger charge is -2.31. The van der Waals surface area contributed by atoms with Crippen molar-refractivity contribution in [3.8, 4) is 0 Å². The van der Waals surface area contributed by atoms with Gasteiger partial charge in [0, 0.05) is 35.3 Å². The molecule has 0 unspecified atom stereocenters. The van der Waals surface area contributed by atoms with E-state index in [-0.39, 0.29) is 30.2 Å². The molecule has 0 bridgehead atoms. The fraction of sp³-hybridized carbons (Fsp3) is 0.348. The van der Waals surface area contributed by atoms with E-state index in [0.717, 1.165) is 16.8 Å². The average molecular weight is 428 g/mol. The van der Waals surface area contributed by atoms with E-state index in [0.29, 0.717) is 36.5 Å². The van der Waals surface area contributed by atoms with Gasteiger partial charge in [-0.2, -0.15) is 0 Å². The molecule has 3 rings (SSSR count). The third-order valence-corrected chi connectivity index (χ3v) is 5.66. The molecular weight excluding hydrogens is 402 g/mol. The standard InChI is InChI=1S/C23H26ClN3O3/c1-15-4-3-5-16(2)21(15)26-20(28)14-25-22(29)17-10-12-27(13-11-17)23(30)18-6-8-19(24)9-7-18/h3-9,17H,10-14H2,1-2H3,(H,25,29)(H,26,28). The van der Waals surface area contributed by atoms with Gasteiger partial charge in [0.25, 0.3) is 5.91 Å². The molecule has 1 saturated heterocycles. The average Bonchev–Trinajstić information content (AvgIpc) is 2.75. The van der Waals surface area contributed by atoms with E-state index in [1.807, 2.05) is 32.0 Å². The molecule has 1 heterocycles. The minimum Gasteiger partial charge on any atom is -0.347 e. The Morgan fingerprint density at radius 2 is 1.60 bits per heavy atom. The quantitative estimate of drug-likeness (QED) is 0.765. The lowest BCUT2D eigenvalue weighted by Crippen LogP contribution is -2.44. The molecule has 7 heteroatoms. The summed E-state index contributed by atoms with van der Waals surface area (Å²) in [6.45, 7) is 4.80. The predicted octanol–water partition coefficient (Wildman–Crippen LogP) is 3.56. The SMILES string of the molecule is Cc1cccc(C)c1NC(=O)CNC(=O)C1CCN(C(=O)c2ccc(Cl)cc2)CC1. The number of carbonyl (C=O) groups excluding carboxylic acids is 3. The van der Waals surface area contributed by atoms with Crippen molar-refractivity contribution >= 4 is 35.0 Å². The predicted molar refractivity (Wildman–Crippen MR) is 118 cm³/mol. The van der Waals surface area contributed by atoms with E-state index in [4.69, 9.17) is 11.6 Å². The van der Waals surface area contributed by atoms with Gasteiger partial charge in [0.1, 0.15) is 0 Å². The Balaban J connectivity index is 1.45. The van der Waals surface area contributed by atoms with Crippen LogP contribution in [0.25, 0.3) is 0 Å². The summed E-state index contributed by atoms with van der Waals surface area (Å²) in [4.78, 5) is 39.0. The number of nitrogens with one attached hydrogen (secondary N) is 2. The van der Waals surface area contributed by atoms with Crippen LogP contribution in [0.2, 0.25) is 5.02 Å². The highest BCUT2D eigenvalue weighted by Crippen LogP contribution is 2.21. The molecule has 1 aliphatic rings. The van der Waals surface area contributed by atoms with Gasteiger partial charge in [-0.15, -0.1) is 0 Å². The van der Waals surface area contributed by atoms with E-state index in [1.165, 1.54) is 0 Å². The molecule has 1 aliphatic heterocycles. The second kappa shape index (κ2) is 9.76. The van der Waals surface area contributed by atoms with Crippen LogP contribution >= 0.6 is 11.6 Å². The number of hydrogen-bond acceptors (Lipinski definition) is 3. The molecule has 2 aromatic rings. The zero-order chi connectivity index (χ0) is 21.7. The monoisotopic (exact) mass is 427 g/mol. The fourth-order valence-electron chi connectivity index (χ4n) is 3.63. The van der Waals surface area contributed by atoms with Gasteiger partial charge >= 0.3 is 0 Å². The van der Waals surface area contributed by atoms with Crippen LogP contribution in [0.5, 0.6) is 0 Å². The molecule has 0 radical (unpaired) electrons. The van der Waals surface area contributed by atoms with E-state index in [9.17, 15) is 14.4 Å². The first-order chi connectivity index (χ1) is 14.3. The van der Waals surface area contributed by atoms with Crippen molar-refractivity contribution in [3.05, 3.63) is 64.2 Å². The molecule has 2 aromatic carbocycles. The van der Waals surface area contributed by atoms with Crippen LogP contribution in [-0.4, -0.2) is 42.3 Å². The van der Waals surface area contributed by atoms with E-state index in [1.54, 1.807) is 29.2 Å². The number of piperidine rings is 1. The Kier molecular flexibility index (Phi) is 7.11. The molecule has 1 fully saturated rings. The van der Waals surface area contributed by atoms with Crippen molar-refractivity contribution in [2.75, 3.05) is 25.0 Å². The topological polar surface area (TPSA) is 78.5 Å². The number of hydrogen-bond donors (Lipinski definition) is 2. The first-order valence-electron chi connectivity index (χ1n) is 10.0. The summed E-state index contributed by atoms with van der Waals surface area (Å²) >= 11 is 5.87. The number of rotatable bonds is 5. The van der Waals surface area contributed by atoms with Gasteiger partial charge in [-0.1, -0.05) is 29.8 Å². The zero-order valence-electron chi connectivity index (χ0n) is 17.2. The van der Waals surface area contributed by atoms with E-state index >= 15 is 0 Å². The molecular formula is C23H26ClN3O3. The zero-order valence-corrected chi connectivity index (χ0v) is 18.0. The molecule has 3 amide bonds. The smallest absolute Gasteiger partial charge is 0.253 e. The number of nitrogens with zero attached hydrogens (tertiary/aromatic N) is 1. The van der Waals surface area contributed by atoms with Crippen molar-refractivity contribution in [1.82, 2.24) is 10.2 Å². The number of benzene rings is 2. The van der Waals surface area contributed by atoms with Crippen LogP contribution < -0.4 is 10.6 Å². The van der Waals surface area contributed by atoms with Crippen molar-refractivity contribution in [2.24, 2.45) is 5.92 Å². The van der Waals surface area contributed by atoms with Crippen molar-refractivity contribution < 1.29 is 14.4 Å². The molecule has 158 valence electrons. The van der Waals surface area contributed by atoms with Crippen LogP contribution in [0.15, 0.2) is 42.5 Å². The number of para-hydroxylation sites is 1. The number of amides is 3. The van der Waals surface area contributed by atoms with Crippen LogP contribution in [0, 0.1) is 19.8 Å². The number of anilines is 1. The molecule has 0 aromatic heterocycles. The largest absolute Gasteiger partial charge is 0.347 e. The van der Waals surface area contributed by atoms with Gasteiger partial charge in [-0.05, 0) is 62.1 Å². The summed E-state index contributed by atoms with van der Waals surface area (Å²) in [5.41, 5.74) is 3.33. The second-order valence-corrected chi connectivity index (χ2v) is 8.04. The Hall–Kier alpha value is -2.86. The van der Waals surface area contributed by atoms with Crippen molar-refractivity contribution in [3.63, 3.8) is 0 Å². The number of likely N-dealkylation sites (tertiary alicyclic amines) is 1. The summed E-state index contributed by atoms with van der Waals surface area (Å²) in [6.07, 6.45) is 1.15. The van der Waals surface area contributed by atoms with Crippen LogP contribution in [0.4, 0.5) is 5.69 Å². The summed E-state index contributed by atoms with van der Waals surface area (Å²) < 4.78 is 0. The third kappa shape index (κ3) is 5.39. The third-order valence-electron chi connectivity index (χ3n) is 5.41. The normalized spacial score (nSPS) is 14.3. The Morgan fingerprint density at radius 1 is 1.00 bits per heavy atom. The Morgan fingerprint density at radius 3 is 2.20 bits per heavy atom. The highest BCUT2D eigenvalue weighted by molar-refractivity contribution is 6.30. The summed E-state index contributed by atoms with van der Waals surface area (Å²) in [5.74, 6) is -0.660. The first-order valence-corrected chi connectivity index (χ1v) is 10.4. The number of aryl methyl sites for hydroxylation is 2. The highest BCUT2D eigenvalue weighted by atomic mass is 35.5. The molecule has 0 saturated carbocycles. The first kappa shape index (κ1) is 21.8. The number of carbonyl (C=O) groups is 3. The van der Waals surface area contributed by atoms with Gasteiger partial charge in [-0.3, -0.25) is 14.4 Å². The van der Waals surface area contributed by atoms with Crippen LogP contribution in [0.1, 0.15) is 34.3 Å². The molecule has 0 aliphatic carbocycles. The summed E-state index contributed by atoms with van der Waals surface area (Å²) in [7, 11) is 0. The fourth-order valence-corrected chi connectivity index (χ4v) is 3.75. The second-order valence-electron chi connectivity index (χ2n) is 7.61. The molecule has 0 atom stereocenters. The maximum Gasteiger partial charge on any atom is 0.253 e. The highest BCUT2D eigenvalue weighted by Gasteiger charge is 2.28. The van der Waals surface area contributed by atoms with Crippen LogP contribution in [0.3, 0.4) is 0 Å². The van der Waals surface area contributed by atoms with Crippen LogP contribution in [-0.2, 0) is 9.59 Å². The van der Waals surface area contributed by atoms with Gasteiger partial charge in [0.15, 0.2) is 0 Å². The maximum absolute atomic E-state index is 12.6. The molecule has 0 spiro atoms. The Labute approximate surface area is 181 Å². The summed E-state index contributed by atoms with van der Waals surface area (Å²) in [5, 5.41) is 6.18.